The lowest BCUT2D eigenvalue weighted by Gasteiger charge is -2.21. The van der Waals surface area contributed by atoms with Crippen LogP contribution in [0.2, 0.25) is 0 Å². The molecule has 0 saturated carbocycles. The first kappa shape index (κ1) is 13.6. The Bertz CT molecular complexity index is 550. The number of fused-ring (bicyclic) bond motifs is 1. The molecule has 5 nitrogen and oxygen atoms in total. The van der Waals surface area contributed by atoms with Crippen molar-refractivity contribution < 1.29 is 15.0 Å². The van der Waals surface area contributed by atoms with Crippen LogP contribution >= 0.6 is 0 Å². The van der Waals surface area contributed by atoms with Crippen LogP contribution in [0.4, 0.5) is 0 Å². The van der Waals surface area contributed by atoms with Crippen LogP contribution in [0.15, 0.2) is 30.5 Å². The van der Waals surface area contributed by atoms with Gasteiger partial charge in [-0.3, -0.25) is 4.79 Å². The number of carbonyl (C=O) groups is 1. The number of aliphatic hydroxyl groups is 2. The number of benzene rings is 1. The summed E-state index contributed by atoms with van der Waals surface area (Å²) in [5.41, 5.74) is 1.40. The molecule has 5 heteroatoms. The summed E-state index contributed by atoms with van der Waals surface area (Å²) >= 11 is 0. The van der Waals surface area contributed by atoms with E-state index in [1.807, 2.05) is 18.2 Å². The van der Waals surface area contributed by atoms with Gasteiger partial charge in [0.2, 0.25) is 0 Å². The zero-order valence-corrected chi connectivity index (χ0v) is 10.7. The molecule has 1 aromatic carbocycles. The maximum atomic E-state index is 12.5. The Labute approximate surface area is 111 Å². The van der Waals surface area contributed by atoms with Gasteiger partial charge in [-0.2, -0.15) is 0 Å². The molecule has 0 aliphatic rings. The fourth-order valence-electron chi connectivity index (χ4n) is 2.13. The summed E-state index contributed by atoms with van der Waals surface area (Å²) in [6.45, 7) is 0.655. The van der Waals surface area contributed by atoms with Gasteiger partial charge in [0.1, 0.15) is 0 Å². The lowest BCUT2D eigenvalue weighted by molar-refractivity contribution is 0.0712. The highest BCUT2D eigenvalue weighted by atomic mass is 16.3. The van der Waals surface area contributed by atoms with Gasteiger partial charge in [-0.1, -0.05) is 12.1 Å². The van der Waals surface area contributed by atoms with E-state index in [9.17, 15) is 4.79 Å². The highest BCUT2D eigenvalue weighted by Gasteiger charge is 2.17. The molecule has 1 aromatic heterocycles. The van der Waals surface area contributed by atoms with Gasteiger partial charge in [-0.05, 0) is 18.6 Å². The number of hydrogen-bond donors (Lipinski definition) is 3. The highest BCUT2D eigenvalue weighted by molar-refractivity contribution is 6.05. The molecule has 0 spiro atoms. The number of para-hydroxylation sites is 1. The molecule has 0 aliphatic carbocycles. The molecule has 0 atom stereocenters. The summed E-state index contributed by atoms with van der Waals surface area (Å²) in [7, 11) is 0. The van der Waals surface area contributed by atoms with Crippen LogP contribution in [-0.2, 0) is 0 Å². The monoisotopic (exact) mass is 262 g/mol. The van der Waals surface area contributed by atoms with Gasteiger partial charge < -0.3 is 20.1 Å². The molecule has 0 bridgehead atoms. The Morgan fingerprint density at radius 2 is 2.00 bits per heavy atom. The zero-order chi connectivity index (χ0) is 13.7. The normalized spacial score (nSPS) is 10.8. The minimum atomic E-state index is -0.129. The van der Waals surface area contributed by atoms with Crippen molar-refractivity contribution in [1.82, 2.24) is 9.88 Å². The molecule has 0 fully saturated rings. The fraction of sp³-hybridized carbons (Fsp3) is 0.357. The maximum Gasteiger partial charge on any atom is 0.256 e. The van der Waals surface area contributed by atoms with Crippen LogP contribution in [0.25, 0.3) is 10.9 Å². The number of nitrogens with one attached hydrogen (secondary N) is 1. The number of hydrogen-bond acceptors (Lipinski definition) is 3. The van der Waals surface area contributed by atoms with Crippen LogP contribution in [0.5, 0.6) is 0 Å². The SMILES string of the molecule is O=C(c1cccc2cc[nH]c12)N(CCO)CCCO. The molecule has 1 heterocycles. The van der Waals surface area contributed by atoms with Gasteiger partial charge in [0.25, 0.3) is 5.91 Å². The molecular formula is C14H18N2O3. The minimum Gasteiger partial charge on any atom is -0.396 e. The first-order valence-electron chi connectivity index (χ1n) is 6.35. The average molecular weight is 262 g/mol. The quantitative estimate of drug-likeness (QED) is 0.726. The lowest BCUT2D eigenvalue weighted by atomic mass is 10.1. The second-order valence-corrected chi connectivity index (χ2v) is 4.34. The van der Waals surface area contributed by atoms with E-state index in [1.54, 1.807) is 17.2 Å². The van der Waals surface area contributed by atoms with E-state index >= 15 is 0 Å². The van der Waals surface area contributed by atoms with Gasteiger partial charge >= 0.3 is 0 Å². The van der Waals surface area contributed by atoms with E-state index in [2.05, 4.69) is 4.98 Å². The smallest absolute Gasteiger partial charge is 0.256 e. The standard InChI is InChI=1S/C14H18N2O3/c17-9-2-7-16(8-10-18)14(19)12-4-1-3-11-5-6-15-13(11)12/h1,3-6,15,17-18H,2,7-10H2. The van der Waals surface area contributed by atoms with Gasteiger partial charge in [0, 0.05) is 31.3 Å². The number of nitrogens with zero attached hydrogens (tertiary/aromatic N) is 1. The Balaban J connectivity index is 2.27. The Kier molecular flexibility index (Phi) is 4.54. The zero-order valence-electron chi connectivity index (χ0n) is 10.7. The number of aromatic amines is 1. The summed E-state index contributed by atoms with van der Waals surface area (Å²) in [4.78, 5) is 17.1. The van der Waals surface area contributed by atoms with Gasteiger partial charge in [-0.15, -0.1) is 0 Å². The van der Waals surface area contributed by atoms with E-state index in [4.69, 9.17) is 10.2 Å². The fourth-order valence-corrected chi connectivity index (χ4v) is 2.13. The van der Waals surface area contributed by atoms with Crippen molar-refractivity contribution in [3.05, 3.63) is 36.0 Å². The Hall–Kier alpha value is -1.85. The van der Waals surface area contributed by atoms with Crippen LogP contribution in [0.3, 0.4) is 0 Å². The predicted octanol–water partition coefficient (Wildman–Crippen LogP) is 0.985. The van der Waals surface area contributed by atoms with Crippen molar-refractivity contribution >= 4 is 16.8 Å². The molecule has 102 valence electrons. The van der Waals surface area contributed by atoms with Gasteiger partial charge in [0.05, 0.1) is 17.7 Å². The van der Waals surface area contributed by atoms with Gasteiger partial charge in [0.15, 0.2) is 0 Å². The summed E-state index contributed by atoms with van der Waals surface area (Å²) in [5.74, 6) is -0.129. The van der Waals surface area contributed by atoms with Crippen molar-refractivity contribution in [1.29, 1.82) is 0 Å². The van der Waals surface area contributed by atoms with Crippen LogP contribution < -0.4 is 0 Å². The maximum absolute atomic E-state index is 12.5. The molecule has 0 aliphatic heterocycles. The van der Waals surface area contributed by atoms with Crippen molar-refractivity contribution in [2.45, 2.75) is 6.42 Å². The molecule has 3 N–H and O–H groups in total. The molecule has 2 aromatic rings. The lowest BCUT2D eigenvalue weighted by Crippen LogP contribution is -2.35. The number of H-pyrrole nitrogens is 1. The average Bonchev–Trinajstić information content (AvgIpc) is 2.91. The molecular weight excluding hydrogens is 244 g/mol. The number of aliphatic hydroxyl groups excluding tert-OH is 2. The molecule has 1 amide bonds. The summed E-state index contributed by atoms with van der Waals surface area (Å²) in [6.07, 6.45) is 2.30. The highest BCUT2D eigenvalue weighted by Crippen LogP contribution is 2.18. The Morgan fingerprint density at radius 1 is 1.16 bits per heavy atom. The summed E-state index contributed by atoms with van der Waals surface area (Å²) in [5, 5.41) is 18.9. The molecule has 19 heavy (non-hydrogen) atoms. The predicted molar refractivity (Wildman–Crippen MR) is 73.0 cm³/mol. The second kappa shape index (κ2) is 6.36. The van der Waals surface area contributed by atoms with Crippen LogP contribution in [-0.4, -0.2) is 52.3 Å². The van der Waals surface area contributed by atoms with Crippen molar-refractivity contribution in [2.24, 2.45) is 0 Å². The third kappa shape index (κ3) is 2.94. The number of amides is 1. The van der Waals surface area contributed by atoms with Crippen molar-refractivity contribution in [3.63, 3.8) is 0 Å². The largest absolute Gasteiger partial charge is 0.396 e. The summed E-state index contributed by atoms with van der Waals surface area (Å²) in [6, 6.07) is 7.46. The van der Waals surface area contributed by atoms with Gasteiger partial charge in [-0.25, -0.2) is 0 Å². The summed E-state index contributed by atoms with van der Waals surface area (Å²) < 4.78 is 0. The third-order valence-corrected chi connectivity index (χ3v) is 3.06. The molecule has 2 rings (SSSR count). The number of carbonyl (C=O) groups excluding carboxylic acids is 1. The molecule has 0 unspecified atom stereocenters. The minimum absolute atomic E-state index is 0.0297. The first-order valence-corrected chi connectivity index (χ1v) is 6.35. The third-order valence-electron chi connectivity index (χ3n) is 3.06. The van der Waals surface area contributed by atoms with Crippen molar-refractivity contribution in [3.8, 4) is 0 Å². The second-order valence-electron chi connectivity index (χ2n) is 4.34. The topological polar surface area (TPSA) is 76.6 Å². The van der Waals surface area contributed by atoms with E-state index in [0.717, 1.165) is 10.9 Å². The first-order chi connectivity index (χ1) is 9.27. The molecule has 0 radical (unpaired) electrons. The van der Waals surface area contributed by atoms with E-state index < -0.39 is 0 Å². The van der Waals surface area contributed by atoms with E-state index in [0.29, 0.717) is 18.5 Å². The number of rotatable bonds is 6. The van der Waals surface area contributed by atoms with Crippen LogP contribution in [0, 0.1) is 0 Å². The Morgan fingerprint density at radius 3 is 2.74 bits per heavy atom. The van der Waals surface area contributed by atoms with Crippen LogP contribution in [0.1, 0.15) is 16.8 Å². The number of aromatic nitrogens is 1. The van der Waals surface area contributed by atoms with E-state index in [1.165, 1.54) is 0 Å². The molecule has 0 saturated heterocycles. The van der Waals surface area contributed by atoms with Crippen molar-refractivity contribution in [2.75, 3.05) is 26.3 Å². The van der Waals surface area contributed by atoms with E-state index in [-0.39, 0.29) is 25.7 Å².